The number of phenols is 1. The molecule has 0 bridgehead atoms. The third-order valence-corrected chi connectivity index (χ3v) is 3.21. The lowest BCUT2D eigenvalue weighted by Crippen LogP contribution is -2.30. The summed E-state index contributed by atoms with van der Waals surface area (Å²) in [6.07, 6.45) is 1.56. The minimum Gasteiger partial charge on any atom is -0.505 e. The van der Waals surface area contributed by atoms with Gasteiger partial charge in [0.25, 0.3) is 0 Å². The Balaban J connectivity index is 1.73. The molecule has 1 atom stereocenters. The number of aryl methyl sites for hydroxylation is 1. The van der Waals surface area contributed by atoms with Crippen LogP contribution >= 0.6 is 0 Å². The van der Waals surface area contributed by atoms with Gasteiger partial charge in [0.1, 0.15) is 5.75 Å². The van der Waals surface area contributed by atoms with Gasteiger partial charge in [-0.15, -0.1) is 0 Å². The number of anilines is 1. The molecule has 0 aromatic heterocycles. The number of hydrogen-bond donors (Lipinski definition) is 2. The Hall–Kier alpha value is -2.23. The van der Waals surface area contributed by atoms with Crippen LogP contribution in [0.4, 0.5) is 10.1 Å². The van der Waals surface area contributed by atoms with Crippen molar-refractivity contribution in [1.29, 1.82) is 0 Å². The Bertz CT molecular complexity index is 600. The van der Waals surface area contributed by atoms with Crippen LogP contribution in [0.25, 0.3) is 0 Å². The van der Waals surface area contributed by atoms with Crippen LogP contribution in [-0.4, -0.2) is 11.3 Å². The highest BCUT2D eigenvalue weighted by molar-refractivity contribution is 5.53. The van der Waals surface area contributed by atoms with Crippen LogP contribution in [0.15, 0.2) is 42.5 Å². The Morgan fingerprint density at radius 1 is 1.21 bits per heavy atom. The van der Waals surface area contributed by atoms with Crippen LogP contribution in [0.3, 0.4) is 0 Å². The molecule has 0 amide bonds. The second kappa shape index (κ2) is 4.80. The van der Waals surface area contributed by atoms with Crippen molar-refractivity contribution in [2.75, 3.05) is 5.32 Å². The summed E-state index contributed by atoms with van der Waals surface area (Å²) < 4.78 is 18.9. The van der Waals surface area contributed by atoms with Crippen molar-refractivity contribution >= 4 is 5.69 Å². The van der Waals surface area contributed by atoms with Gasteiger partial charge in [0.2, 0.25) is 0 Å². The molecule has 0 saturated carbocycles. The molecule has 19 heavy (non-hydrogen) atoms. The van der Waals surface area contributed by atoms with E-state index in [0.717, 1.165) is 18.5 Å². The van der Waals surface area contributed by atoms with Crippen molar-refractivity contribution in [2.24, 2.45) is 0 Å². The van der Waals surface area contributed by atoms with E-state index in [1.54, 1.807) is 6.07 Å². The molecular formula is C15H14FNO2. The SMILES string of the molecule is Oc1ccc(O[C@@H]2CCc3ccccc3N2)cc1F. The quantitative estimate of drug-likeness (QED) is 0.869. The Morgan fingerprint density at radius 3 is 2.89 bits per heavy atom. The van der Waals surface area contributed by atoms with E-state index < -0.39 is 5.82 Å². The lowest BCUT2D eigenvalue weighted by atomic mass is 10.0. The number of benzene rings is 2. The van der Waals surface area contributed by atoms with Crippen LogP contribution in [0.5, 0.6) is 11.5 Å². The van der Waals surface area contributed by atoms with Crippen LogP contribution in [0, 0.1) is 5.82 Å². The van der Waals surface area contributed by atoms with Crippen LogP contribution < -0.4 is 10.1 Å². The Labute approximate surface area is 110 Å². The molecule has 98 valence electrons. The zero-order valence-electron chi connectivity index (χ0n) is 10.3. The largest absolute Gasteiger partial charge is 0.505 e. The first-order valence-corrected chi connectivity index (χ1v) is 6.22. The molecule has 2 aromatic carbocycles. The second-order valence-electron chi connectivity index (χ2n) is 4.56. The van der Waals surface area contributed by atoms with Gasteiger partial charge in [-0.05, 0) is 30.2 Å². The average molecular weight is 259 g/mol. The van der Waals surface area contributed by atoms with Crippen LogP contribution in [-0.2, 0) is 6.42 Å². The smallest absolute Gasteiger partial charge is 0.170 e. The minimum atomic E-state index is -0.672. The van der Waals surface area contributed by atoms with Crippen molar-refractivity contribution in [1.82, 2.24) is 0 Å². The van der Waals surface area contributed by atoms with E-state index >= 15 is 0 Å². The first kappa shape index (κ1) is 11.8. The highest BCUT2D eigenvalue weighted by atomic mass is 19.1. The molecule has 2 N–H and O–H groups in total. The number of hydrogen-bond acceptors (Lipinski definition) is 3. The molecule has 0 aliphatic carbocycles. The zero-order valence-corrected chi connectivity index (χ0v) is 10.3. The van der Waals surface area contributed by atoms with Crippen molar-refractivity contribution in [2.45, 2.75) is 19.1 Å². The van der Waals surface area contributed by atoms with Crippen molar-refractivity contribution in [3.8, 4) is 11.5 Å². The zero-order chi connectivity index (χ0) is 13.2. The maximum Gasteiger partial charge on any atom is 0.170 e. The van der Waals surface area contributed by atoms with Crippen molar-refractivity contribution < 1.29 is 14.2 Å². The van der Waals surface area contributed by atoms with E-state index in [1.807, 2.05) is 18.2 Å². The number of rotatable bonds is 2. The highest BCUT2D eigenvalue weighted by Crippen LogP contribution is 2.27. The first-order valence-electron chi connectivity index (χ1n) is 6.22. The minimum absolute atomic E-state index is 0.182. The van der Waals surface area contributed by atoms with E-state index in [1.165, 1.54) is 17.7 Å². The standard InChI is InChI=1S/C15H14FNO2/c16-12-9-11(6-7-14(12)18)19-15-8-5-10-3-1-2-4-13(10)17-15/h1-4,6-7,9,15,17-18H,5,8H2/t15-/m1/s1. The predicted octanol–water partition coefficient (Wildman–Crippen LogP) is 3.29. The fraction of sp³-hybridized carbons (Fsp3) is 0.200. The van der Waals surface area contributed by atoms with Gasteiger partial charge in [0.15, 0.2) is 17.8 Å². The number of halogens is 1. The summed E-state index contributed by atoms with van der Waals surface area (Å²) in [5.41, 5.74) is 2.32. The number of fused-ring (bicyclic) bond motifs is 1. The second-order valence-corrected chi connectivity index (χ2v) is 4.56. The highest BCUT2D eigenvalue weighted by Gasteiger charge is 2.18. The summed E-state index contributed by atoms with van der Waals surface area (Å²) in [5.74, 6) is -0.629. The molecule has 1 aliphatic rings. The van der Waals surface area contributed by atoms with Gasteiger partial charge >= 0.3 is 0 Å². The van der Waals surface area contributed by atoms with Crippen LogP contribution in [0.1, 0.15) is 12.0 Å². The molecule has 2 aromatic rings. The molecule has 3 nitrogen and oxygen atoms in total. The Kier molecular flexibility index (Phi) is 2.99. The van der Waals surface area contributed by atoms with Gasteiger partial charge in [0, 0.05) is 18.2 Å². The van der Waals surface area contributed by atoms with E-state index in [2.05, 4.69) is 11.4 Å². The topological polar surface area (TPSA) is 41.5 Å². The van der Waals surface area contributed by atoms with Gasteiger partial charge in [0.05, 0.1) is 0 Å². The fourth-order valence-electron chi connectivity index (χ4n) is 2.22. The fourth-order valence-corrected chi connectivity index (χ4v) is 2.22. The van der Waals surface area contributed by atoms with Gasteiger partial charge in [-0.3, -0.25) is 0 Å². The van der Waals surface area contributed by atoms with Gasteiger partial charge in [-0.25, -0.2) is 4.39 Å². The summed E-state index contributed by atoms with van der Waals surface area (Å²) in [6, 6.07) is 12.1. The summed E-state index contributed by atoms with van der Waals surface area (Å²) in [7, 11) is 0. The van der Waals surface area contributed by atoms with Gasteiger partial charge in [-0.1, -0.05) is 18.2 Å². The number of aromatic hydroxyl groups is 1. The van der Waals surface area contributed by atoms with E-state index in [-0.39, 0.29) is 12.0 Å². The third kappa shape index (κ3) is 2.47. The molecular weight excluding hydrogens is 245 g/mol. The van der Waals surface area contributed by atoms with Crippen LogP contribution in [0.2, 0.25) is 0 Å². The molecule has 1 aliphatic heterocycles. The first-order chi connectivity index (χ1) is 9.22. The molecule has 1 heterocycles. The predicted molar refractivity (Wildman–Crippen MR) is 70.9 cm³/mol. The van der Waals surface area contributed by atoms with E-state index in [9.17, 15) is 4.39 Å². The summed E-state index contributed by atoms with van der Waals surface area (Å²) in [4.78, 5) is 0. The van der Waals surface area contributed by atoms with E-state index in [4.69, 9.17) is 9.84 Å². The number of phenolic OH excluding ortho intramolecular Hbond substituents is 1. The molecule has 0 spiro atoms. The maximum absolute atomic E-state index is 13.2. The third-order valence-electron chi connectivity index (χ3n) is 3.21. The molecule has 0 unspecified atom stereocenters. The molecule has 0 fully saturated rings. The van der Waals surface area contributed by atoms with Crippen molar-refractivity contribution in [3.05, 3.63) is 53.8 Å². The van der Waals surface area contributed by atoms with Crippen molar-refractivity contribution in [3.63, 3.8) is 0 Å². The monoisotopic (exact) mass is 259 g/mol. The van der Waals surface area contributed by atoms with Gasteiger partial charge in [-0.2, -0.15) is 0 Å². The maximum atomic E-state index is 13.2. The summed E-state index contributed by atoms with van der Waals surface area (Å²) in [5, 5.41) is 12.4. The lowest BCUT2D eigenvalue weighted by molar-refractivity contribution is 0.214. The van der Waals surface area contributed by atoms with Gasteiger partial charge < -0.3 is 15.2 Å². The number of nitrogens with one attached hydrogen (secondary N) is 1. The van der Waals surface area contributed by atoms with E-state index in [0.29, 0.717) is 5.75 Å². The summed E-state index contributed by atoms with van der Waals surface area (Å²) in [6.45, 7) is 0. The molecule has 4 heteroatoms. The average Bonchev–Trinajstić information content (AvgIpc) is 2.43. The molecule has 0 saturated heterocycles. The molecule has 3 rings (SSSR count). The lowest BCUT2D eigenvalue weighted by Gasteiger charge is -2.27. The summed E-state index contributed by atoms with van der Waals surface area (Å²) >= 11 is 0. The number of ether oxygens (including phenoxy) is 1. The normalized spacial score (nSPS) is 17.4. The molecule has 0 radical (unpaired) electrons. The number of para-hydroxylation sites is 1. The Morgan fingerprint density at radius 2 is 2.05 bits per heavy atom.